The van der Waals surface area contributed by atoms with Crippen molar-refractivity contribution in [2.24, 2.45) is 5.92 Å². The Morgan fingerprint density at radius 2 is 2.19 bits per heavy atom. The molecule has 1 atom stereocenters. The average Bonchev–Trinajstić information content (AvgIpc) is 2.81. The fourth-order valence-electron chi connectivity index (χ4n) is 2.40. The van der Waals surface area contributed by atoms with E-state index in [1.807, 2.05) is 0 Å². The number of carbonyl (C=O) groups is 1. The van der Waals surface area contributed by atoms with E-state index in [0.717, 1.165) is 13.2 Å². The fourth-order valence-corrected chi connectivity index (χ4v) is 2.40. The topological polar surface area (TPSA) is 47.6 Å². The van der Waals surface area contributed by atoms with Gasteiger partial charge in [-0.05, 0) is 18.8 Å². The van der Waals surface area contributed by atoms with Crippen LogP contribution < -0.4 is 5.32 Å². The van der Waals surface area contributed by atoms with Crippen molar-refractivity contribution in [3.8, 4) is 0 Å². The van der Waals surface area contributed by atoms with Gasteiger partial charge < -0.3 is 14.8 Å². The molecule has 0 aromatic carbocycles. The van der Waals surface area contributed by atoms with Crippen molar-refractivity contribution >= 4 is 5.97 Å². The summed E-state index contributed by atoms with van der Waals surface area (Å²) >= 11 is 0. The van der Waals surface area contributed by atoms with Crippen LogP contribution in [0.25, 0.3) is 0 Å². The maximum atomic E-state index is 11.6. The summed E-state index contributed by atoms with van der Waals surface area (Å²) in [5.74, 6) is 0.523. The van der Waals surface area contributed by atoms with Gasteiger partial charge in [0.05, 0.1) is 26.2 Å². The van der Waals surface area contributed by atoms with Crippen molar-refractivity contribution in [1.82, 2.24) is 5.32 Å². The molecule has 4 nitrogen and oxygen atoms in total. The van der Waals surface area contributed by atoms with Gasteiger partial charge in [0, 0.05) is 12.6 Å². The first-order chi connectivity index (χ1) is 7.84. The molecule has 0 amide bonds. The molecule has 1 aliphatic heterocycles. The highest BCUT2D eigenvalue weighted by Gasteiger charge is 2.20. The average molecular weight is 227 g/mol. The molecule has 1 heterocycles. The van der Waals surface area contributed by atoms with Crippen molar-refractivity contribution < 1.29 is 14.3 Å². The summed E-state index contributed by atoms with van der Waals surface area (Å²) < 4.78 is 10.6. The number of carbonyl (C=O) groups excluding carboxylic acids is 1. The second-order valence-electron chi connectivity index (χ2n) is 4.76. The van der Waals surface area contributed by atoms with Gasteiger partial charge in [-0.15, -0.1) is 0 Å². The number of esters is 1. The number of morpholine rings is 1. The molecule has 0 radical (unpaired) electrons. The summed E-state index contributed by atoms with van der Waals surface area (Å²) in [4.78, 5) is 11.6. The first-order valence-corrected chi connectivity index (χ1v) is 6.31. The number of rotatable bonds is 4. The minimum Gasteiger partial charge on any atom is -0.465 e. The van der Waals surface area contributed by atoms with Gasteiger partial charge in [0.15, 0.2) is 0 Å². The van der Waals surface area contributed by atoms with E-state index in [9.17, 15) is 4.79 Å². The van der Waals surface area contributed by atoms with Gasteiger partial charge in [-0.1, -0.05) is 12.8 Å². The molecular weight excluding hydrogens is 206 g/mol. The van der Waals surface area contributed by atoms with Crippen LogP contribution >= 0.6 is 0 Å². The van der Waals surface area contributed by atoms with Gasteiger partial charge in [-0.2, -0.15) is 0 Å². The molecule has 1 saturated carbocycles. The van der Waals surface area contributed by atoms with Crippen molar-refractivity contribution in [2.75, 3.05) is 26.4 Å². The second kappa shape index (κ2) is 6.21. The zero-order chi connectivity index (χ0) is 11.2. The van der Waals surface area contributed by atoms with Gasteiger partial charge in [0.2, 0.25) is 0 Å². The number of hydrogen-bond acceptors (Lipinski definition) is 4. The lowest BCUT2D eigenvalue weighted by molar-refractivity contribution is -0.146. The largest absolute Gasteiger partial charge is 0.465 e. The van der Waals surface area contributed by atoms with Crippen molar-refractivity contribution in [3.05, 3.63) is 0 Å². The fraction of sp³-hybridized carbons (Fsp3) is 0.917. The van der Waals surface area contributed by atoms with E-state index in [-0.39, 0.29) is 12.0 Å². The molecule has 16 heavy (non-hydrogen) atoms. The van der Waals surface area contributed by atoms with Gasteiger partial charge in [-0.3, -0.25) is 4.79 Å². The molecule has 2 fully saturated rings. The monoisotopic (exact) mass is 227 g/mol. The lowest BCUT2D eigenvalue weighted by Crippen LogP contribution is -2.42. The van der Waals surface area contributed by atoms with Crippen molar-refractivity contribution in [3.63, 3.8) is 0 Å². The van der Waals surface area contributed by atoms with Gasteiger partial charge in [0.25, 0.3) is 0 Å². The van der Waals surface area contributed by atoms with Crippen LogP contribution in [0.1, 0.15) is 32.1 Å². The third-order valence-electron chi connectivity index (χ3n) is 3.37. The molecule has 92 valence electrons. The Kier molecular flexibility index (Phi) is 4.60. The quantitative estimate of drug-likeness (QED) is 0.731. The highest BCUT2D eigenvalue weighted by atomic mass is 16.5. The van der Waals surface area contributed by atoms with E-state index in [2.05, 4.69) is 5.32 Å². The predicted molar refractivity (Wildman–Crippen MR) is 60.1 cm³/mol. The summed E-state index contributed by atoms with van der Waals surface area (Å²) in [5, 5.41) is 3.25. The predicted octanol–water partition coefficient (Wildman–Crippen LogP) is 1.10. The summed E-state index contributed by atoms with van der Waals surface area (Å²) in [5.41, 5.74) is 0. The molecule has 1 saturated heterocycles. The van der Waals surface area contributed by atoms with Crippen LogP contribution in [-0.2, 0) is 14.3 Å². The number of hydrogen-bond donors (Lipinski definition) is 1. The van der Waals surface area contributed by atoms with Crippen LogP contribution in [-0.4, -0.2) is 38.4 Å². The summed E-state index contributed by atoms with van der Waals surface area (Å²) in [6.45, 7) is 2.82. The Labute approximate surface area is 96.7 Å². The van der Waals surface area contributed by atoms with Gasteiger partial charge >= 0.3 is 5.97 Å². The number of nitrogens with one attached hydrogen (secondary N) is 1. The molecule has 1 N–H and O–H groups in total. The SMILES string of the molecule is O=C(CC1COCCN1)OCC1CCCC1. The van der Waals surface area contributed by atoms with Gasteiger partial charge in [0.1, 0.15) is 0 Å². The standard InChI is InChI=1S/C12H21NO3/c14-12(7-11-9-15-6-5-13-11)16-8-10-3-1-2-4-10/h10-11,13H,1-9H2. The van der Waals surface area contributed by atoms with Crippen molar-refractivity contribution in [1.29, 1.82) is 0 Å². The molecule has 2 rings (SSSR count). The first kappa shape index (κ1) is 11.9. The molecule has 2 aliphatic rings. The molecule has 0 aromatic heterocycles. The molecule has 1 aliphatic carbocycles. The molecule has 0 aromatic rings. The smallest absolute Gasteiger partial charge is 0.307 e. The highest BCUT2D eigenvalue weighted by molar-refractivity contribution is 5.70. The van der Waals surface area contributed by atoms with Crippen molar-refractivity contribution in [2.45, 2.75) is 38.1 Å². The Balaban J connectivity index is 1.59. The minimum atomic E-state index is -0.0881. The Hall–Kier alpha value is -0.610. The Bertz CT molecular complexity index is 220. The molecule has 0 bridgehead atoms. The molecular formula is C12H21NO3. The normalized spacial score (nSPS) is 26.9. The van der Waals surface area contributed by atoms with Crippen LogP contribution in [0.2, 0.25) is 0 Å². The van der Waals surface area contributed by atoms with E-state index in [1.165, 1.54) is 25.7 Å². The van der Waals surface area contributed by atoms with E-state index in [0.29, 0.717) is 25.6 Å². The van der Waals surface area contributed by atoms with Gasteiger partial charge in [-0.25, -0.2) is 0 Å². The van der Waals surface area contributed by atoms with Crippen LogP contribution in [0.4, 0.5) is 0 Å². The van der Waals surface area contributed by atoms with Crippen LogP contribution in [0, 0.1) is 5.92 Å². The number of ether oxygens (including phenoxy) is 2. The lowest BCUT2D eigenvalue weighted by atomic mass is 10.1. The third-order valence-corrected chi connectivity index (χ3v) is 3.37. The highest BCUT2D eigenvalue weighted by Crippen LogP contribution is 2.24. The molecule has 0 spiro atoms. The zero-order valence-corrected chi connectivity index (χ0v) is 9.74. The Morgan fingerprint density at radius 3 is 2.88 bits per heavy atom. The second-order valence-corrected chi connectivity index (χ2v) is 4.76. The van der Waals surface area contributed by atoms with E-state index >= 15 is 0 Å². The summed E-state index contributed by atoms with van der Waals surface area (Å²) in [7, 11) is 0. The maximum absolute atomic E-state index is 11.6. The maximum Gasteiger partial charge on any atom is 0.307 e. The summed E-state index contributed by atoms with van der Waals surface area (Å²) in [6, 6.07) is 0.143. The molecule has 1 unspecified atom stereocenters. The zero-order valence-electron chi connectivity index (χ0n) is 9.74. The van der Waals surface area contributed by atoms with E-state index in [4.69, 9.17) is 9.47 Å². The Morgan fingerprint density at radius 1 is 1.38 bits per heavy atom. The summed E-state index contributed by atoms with van der Waals surface area (Å²) in [6.07, 6.45) is 5.46. The van der Waals surface area contributed by atoms with E-state index in [1.54, 1.807) is 0 Å². The molecule has 4 heteroatoms. The third kappa shape index (κ3) is 3.76. The van der Waals surface area contributed by atoms with E-state index < -0.39 is 0 Å². The first-order valence-electron chi connectivity index (χ1n) is 6.31. The van der Waals surface area contributed by atoms with Crippen LogP contribution in [0.3, 0.4) is 0 Å². The minimum absolute atomic E-state index is 0.0881. The van der Waals surface area contributed by atoms with Crippen LogP contribution in [0.5, 0.6) is 0 Å². The lowest BCUT2D eigenvalue weighted by Gasteiger charge is -2.23. The van der Waals surface area contributed by atoms with Crippen LogP contribution in [0.15, 0.2) is 0 Å².